The van der Waals surface area contributed by atoms with Gasteiger partial charge in [0.1, 0.15) is 11.5 Å². The third-order valence-corrected chi connectivity index (χ3v) is 3.19. The number of carboxylic acids is 1. The smallest absolute Gasteiger partial charge is 0.304 e. The summed E-state index contributed by atoms with van der Waals surface area (Å²) in [5.41, 5.74) is 1.54. The summed E-state index contributed by atoms with van der Waals surface area (Å²) in [5.74, 6) is 0.153. The number of aliphatic carboxylic acids is 1. The minimum Gasteiger partial charge on any atom is -0.481 e. The van der Waals surface area contributed by atoms with Gasteiger partial charge in [0.05, 0.1) is 12.1 Å². The van der Waals surface area contributed by atoms with Crippen LogP contribution in [0.2, 0.25) is 0 Å². The van der Waals surface area contributed by atoms with Crippen molar-refractivity contribution in [3.8, 4) is 0 Å². The first-order valence-corrected chi connectivity index (χ1v) is 5.60. The first kappa shape index (κ1) is 11.7. The normalized spacial score (nSPS) is 19.4. The highest BCUT2D eigenvalue weighted by molar-refractivity contribution is 5.93. The van der Waals surface area contributed by atoms with Gasteiger partial charge in [-0.05, 0) is 20.3 Å². The van der Waals surface area contributed by atoms with Crippen molar-refractivity contribution in [2.24, 2.45) is 0 Å². The minimum absolute atomic E-state index is 0.00560. The third-order valence-electron chi connectivity index (χ3n) is 3.19. The van der Waals surface area contributed by atoms with E-state index < -0.39 is 5.97 Å². The van der Waals surface area contributed by atoms with Gasteiger partial charge >= 0.3 is 5.97 Å². The zero-order valence-corrected chi connectivity index (χ0v) is 9.87. The van der Waals surface area contributed by atoms with Crippen LogP contribution in [0.1, 0.15) is 42.3 Å². The van der Waals surface area contributed by atoms with Gasteiger partial charge in [-0.1, -0.05) is 0 Å². The van der Waals surface area contributed by atoms with Crippen LogP contribution in [0.15, 0.2) is 4.42 Å². The van der Waals surface area contributed by atoms with Crippen LogP contribution in [0.25, 0.3) is 0 Å². The Kier molecular flexibility index (Phi) is 2.92. The maximum absolute atomic E-state index is 11.5. The number of nitrogens with one attached hydrogen (secondary N) is 1. The molecule has 0 aromatic carbocycles. The first-order valence-electron chi connectivity index (χ1n) is 5.60. The van der Waals surface area contributed by atoms with Gasteiger partial charge in [0, 0.05) is 17.9 Å². The Labute approximate surface area is 98.8 Å². The van der Waals surface area contributed by atoms with Crippen LogP contribution in [-0.2, 0) is 9.59 Å². The number of aryl methyl sites for hydroxylation is 1. The number of rotatable bonds is 2. The summed E-state index contributed by atoms with van der Waals surface area (Å²) in [6.45, 7) is 3.68. The van der Waals surface area contributed by atoms with Gasteiger partial charge in [0.15, 0.2) is 0 Å². The van der Waals surface area contributed by atoms with Crippen molar-refractivity contribution in [3.63, 3.8) is 0 Å². The van der Waals surface area contributed by atoms with Crippen LogP contribution >= 0.6 is 0 Å². The molecule has 1 unspecified atom stereocenters. The Hall–Kier alpha value is -1.78. The van der Waals surface area contributed by atoms with Crippen LogP contribution in [0.3, 0.4) is 0 Å². The Balaban J connectivity index is 2.42. The lowest BCUT2D eigenvalue weighted by Crippen LogP contribution is -2.09. The van der Waals surface area contributed by atoms with Crippen molar-refractivity contribution in [1.82, 2.24) is 0 Å². The topological polar surface area (TPSA) is 79.5 Å². The molecule has 1 aromatic heterocycles. The van der Waals surface area contributed by atoms with Crippen LogP contribution < -0.4 is 5.32 Å². The molecule has 0 saturated heterocycles. The highest BCUT2D eigenvalue weighted by Gasteiger charge is 2.29. The lowest BCUT2D eigenvalue weighted by molar-refractivity contribution is -0.137. The summed E-state index contributed by atoms with van der Waals surface area (Å²) in [5, 5.41) is 11.7. The van der Waals surface area contributed by atoms with E-state index in [1.807, 2.05) is 13.8 Å². The number of hydrogen-bond donors (Lipinski definition) is 2. The Morgan fingerprint density at radius 3 is 2.88 bits per heavy atom. The molecule has 0 spiro atoms. The molecular weight excluding hydrogens is 222 g/mol. The lowest BCUT2D eigenvalue weighted by Gasteiger charge is -2.09. The number of anilines is 1. The molecular formula is C12H15NO4. The molecule has 1 aromatic rings. The fourth-order valence-corrected chi connectivity index (χ4v) is 2.14. The van der Waals surface area contributed by atoms with Crippen LogP contribution in [0.5, 0.6) is 0 Å². The van der Waals surface area contributed by atoms with E-state index in [1.54, 1.807) is 0 Å². The van der Waals surface area contributed by atoms with Gasteiger partial charge < -0.3 is 14.8 Å². The predicted octanol–water partition coefficient (Wildman–Crippen LogP) is 2.19. The zero-order valence-electron chi connectivity index (χ0n) is 9.87. The van der Waals surface area contributed by atoms with Crippen LogP contribution in [0, 0.1) is 13.8 Å². The quantitative estimate of drug-likeness (QED) is 0.826. The van der Waals surface area contributed by atoms with Crippen molar-refractivity contribution < 1.29 is 19.1 Å². The van der Waals surface area contributed by atoms with Gasteiger partial charge in [0.2, 0.25) is 5.91 Å². The molecule has 0 saturated carbocycles. The fraction of sp³-hybridized carbons (Fsp3) is 0.500. The number of fused-ring (bicyclic) bond motifs is 1. The number of carbonyl (C=O) groups excluding carboxylic acids is 1. The molecule has 92 valence electrons. The average molecular weight is 237 g/mol. The Morgan fingerprint density at radius 2 is 2.24 bits per heavy atom. The maximum atomic E-state index is 11.5. The van der Waals surface area contributed by atoms with Gasteiger partial charge in [-0.25, -0.2) is 0 Å². The summed E-state index contributed by atoms with van der Waals surface area (Å²) >= 11 is 0. The van der Waals surface area contributed by atoms with Gasteiger partial charge in [-0.2, -0.15) is 0 Å². The van der Waals surface area contributed by atoms with E-state index >= 15 is 0 Å². The highest BCUT2D eigenvalue weighted by atomic mass is 16.4. The van der Waals surface area contributed by atoms with Crippen molar-refractivity contribution >= 4 is 17.6 Å². The number of amides is 1. The third kappa shape index (κ3) is 2.18. The predicted molar refractivity (Wildman–Crippen MR) is 61.0 cm³/mol. The molecule has 5 nitrogen and oxygen atoms in total. The van der Waals surface area contributed by atoms with E-state index in [0.717, 1.165) is 11.3 Å². The molecule has 0 radical (unpaired) electrons. The van der Waals surface area contributed by atoms with Crippen molar-refractivity contribution in [2.75, 3.05) is 5.32 Å². The monoisotopic (exact) mass is 237 g/mol. The molecule has 0 aliphatic carbocycles. The molecule has 1 amide bonds. The largest absolute Gasteiger partial charge is 0.481 e. The van der Waals surface area contributed by atoms with E-state index in [0.29, 0.717) is 24.3 Å². The average Bonchev–Trinajstić information content (AvgIpc) is 2.44. The van der Waals surface area contributed by atoms with E-state index in [-0.39, 0.29) is 18.2 Å². The number of furan rings is 1. The Morgan fingerprint density at radius 1 is 1.53 bits per heavy atom. The number of carboxylic acid groups (broad SMARTS) is 1. The Bertz CT molecular complexity index is 475. The van der Waals surface area contributed by atoms with Gasteiger partial charge in [-0.15, -0.1) is 0 Å². The second-order valence-electron chi connectivity index (χ2n) is 4.40. The summed E-state index contributed by atoms with van der Waals surface area (Å²) in [6, 6.07) is 0. The minimum atomic E-state index is -0.873. The maximum Gasteiger partial charge on any atom is 0.304 e. The molecule has 17 heavy (non-hydrogen) atoms. The standard InChI is InChI=1S/C12H15NO4/c1-6-7(2)17-12-8(5-10(15)16)3-4-9(14)13-11(6)12/h8H,3-5H2,1-2H3,(H,13,14)(H,15,16). The second kappa shape index (κ2) is 4.24. The van der Waals surface area contributed by atoms with Crippen LogP contribution in [0.4, 0.5) is 5.69 Å². The lowest BCUT2D eigenvalue weighted by atomic mass is 9.96. The zero-order chi connectivity index (χ0) is 12.6. The van der Waals surface area contributed by atoms with Crippen LogP contribution in [-0.4, -0.2) is 17.0 Å². The van der Waals surface area contributed by atoms with Crippen molar-refractivity contribution in [1.29, 1.82) is 0 Å². The molecule has 0 fully saturated rings. The number of carbonyl (C=O) groups is 2. The molecule has 0 bridgehead atoms. The molecule has 2 N–H and O–H groups in total. The van der Waals surface area contributed by atoms with Crippen molar-refractivity contribution in [2.45, 2.75) is 39.0 Å². The van der Waals surface area contributed by atoms with E-state index in [9.17, 15) is 9.59 Å². The van der Waals surface area contributed by atoms with Gasteiger partial charge in [-0.3, -0.25) is 9.59 Å². The summed E-state index contributed by atoms with van der Waals surface area (Å²) in [4.78, 5) is 22.4. The van der Waals surface area contributed by atoms with E-state index in [2.05, 4.69) is 5.32 Å². The SMILES string of the molecule is Cc1oc2c(c1C)NC(=O)CCC2CC(=O)O. The molecule has 1 aliphatic heterocycles. The van der Waals surface area contributed by atoms with Gasteiger partial charge in [0.25, 0.3) is 0 Å². The highest BCUT2D eigenvalue weighted by Crippen LogP contribution is 2.38. The second-order valence-corrected chi connectivity index (χ2v) is 4.40. The molecule has 2 heterocycles. The van der Waals surface area contributed by atoms with E-state index in [4.69, 9.17) is 9.52 Å². The fourth-order valence-electron chi connectivity index (χ4n) is 2.14. The molecule has 1 aliphatic rings. The molecule has 1 atom stereocenters. The molecule has 5 heteroatoms. The number of hydrogen-bond acceptors (Lipinski definition) is 3. The van der Waals surface area contributed by atoms with Crippen molar-refractivity contribution in [3.05, 3.63) is 17.1 Å². The molecule has 2 rings (SSSR count). The summed E-state index contributed by atoms with van der Waals surface area (Å²) in [7, 11) is 0. The van der Waals surface area contributed by atoms with E-state index in [1.165, 1.54) is 0 Å². The summed E-state index contributed by atoms with van der Waals surface area (Å²) < 4.78 is 5.60. The first-order chi connectivity index (χ1) is 7.99. The summed E-state index contributed by atoms with van der Waals surface area (Å²) in [6.07, 6.45) is 0.840.